The van der Waals surface area contributed by atoms with Crippen molar-refractivity contribution in [2.45, 2.75) is 26.8 Å². The van der Waals surface area contributed by atoms with E-state index in [2.05, 4.69) is 46.3 Å². The molecule has 4 N–H and O–H groups in total. The number of aromatic amines is 1. The number of anilines is 2. The van der Waals surface area contributed by atoms with Gasteiger partial charge in [0.05, 0.1) is 11.6 Å². The maximum atomic E-state index is 5.63. The number of nitrogens with two attached hydrogens (primary N) is 1. The molecule has 0 aliphatic heterocycles. The summed E-state index contributed by atoms with van der Waals surface area (Å²) < 4.78 is 0. The number of aromatic nitrogens is 4. The molecule has 6 heteroatoms. The van der Waals surface area contributed by atoms with Gasteiger partial charge in [0.2, 0.25) is 5.95 Å². The fourth-order valence-corrected chi connectivity index (χ4v) is 1.34. The van der Waals surface area contributed by atoms with Gasteiger partial charge in [-0.3, -0.25) is 5.10 Å². The van der Waals surface area contributed by atoms with Crippen molar-refractivity contribution < 1.29 is 0 Å². The lowest BCUT2D eigenvalue weighted by Gasteiger charge is -2.18. The minimum Gasteiger partial charge on any atom is -0.368 e. The summed E-state index contributed by atoms with van der Waals surface area (Å²) in [6, 6.07) is 0.312. The van der Waals surface area contributed by atoms with Crippen LogP contribution in [0.25, 0.3) is 11.0 Å². The van der Waals surface area contributed by atoms with E-state index in [9.17, 15) is 0 Å². The van der Waals surface area contributed by atoms with E-state index >= 15 is 0 Å². The second-order valence-electron chi connectivity index (χ2n) is 4.24. The van der Waals surface area contributed by atoms with Crippen LogP contribution in [-0.4, -0.2) is 26.2 Å². The first-order valence-electron chi connectivity index (χ1n) is 5.31. The van der Waals surface area contributed by atoms with Crippen LogP contribution in [0.2, 0.25) is 0 Å². The number of H-pyrrole nitrogens is 1. The first-order chi connectivity index (χ1) is 7.58. The lowest BCUT2D eigenvalue weighted by Crippen LogP contribution is -2.22. The molecule has 2 aromatic heterocycles. The molecule has 0 aromatic carbocycles. The lowest BCUT2D eigenvalue weighted by atomic mass is 10.1. The van der Waals surface area contributed by atoms with Crippen LogP contribution < -0.4 is 11.1 Å². The van der Waals surface area contributed by atoms with E-state index in [1.54, 1.807) is 6.20 Å². The van der Waals surface area contributed by atoms with E-state index in [0.29, 0.717) is 17.6 Å². The molecule has 2 heterocycles. The predicted octanol–water partition coefficient (Wildman–Crippen LogP) is 1.39. The monoisotopic (exact) mass is 220 g/mol. The van der Waals surface area contributed by atoms with Gasteiger partial charge in [0.1, 0.15) is 5.82 Å². The van der Waals surface area contributed by atoms with Crippen molar-refractivity contribution in [3.63, 3.8) is 0 Å². The van der Waals surface area contributed by atoms with Crippen LogP contribution in [0.3, 0.4) is 0 Å². The van der Waals surface area contributed by atoms with Gasteiger partial charge in [-0.1, -0.05) is 13.8 Å². The Morgan fingerprint density at radius 1 is 1.31 bits per heavy atom. The summed E-state index contributed by atoms with van der Waals surface area (Å²) in [6.45, 7) is 6.40. The van der Waals surface area contributed by atoms with Crippen LogP contribution in [0.4, 0.5) is 11.8 Å². The van der Waals surface area contributed by atoms with E-state index < -0.39 is 0 Å². The third-order valence-corrected chi connectivity index (χ3v) is 2.69. The maximum absolute atomic E-state index is 5.63. The average Bonchev–Trinajstić information content (AvgIpc) is 2.65. The van der Waals surface area contributed by atoms with Crippen LogP contribution in [0.5, 0.6) is 0 Å². The molecule has 0 bridgehead atoms. The van der Waals surface area contributed by atoms with Crippen molar-refractivity contribution in [1.82, 2.24) is 20.2 Å². The molecule has 1 atom stereocenters. The van der Waals surface area contributed by atoms with Gasteiger partial charge in [-0.25, -0.2) is 0 Å². The maximum Gasteiger partial charge on any atom is 0.224 e. The summed E-state index contributed by atoms with van der Waals surface area (Å²) in [4.78, 5) is 8.25. The highest BCUT2D eigenvalue weighted by Gasteiger charge is 2.12. The number of hydrogen-bond donors (Lipinski definition) is 3. The number of fused-ring (bicyclic) bond motifs is 1. The van der Waals surface area contributed by atoms with Gasteiger partial charge in [0.25, 0.3) is 0 Å². The van der Waals surface area contributed by atoms with E-state index in [-0.39, 0.29) is 5.95 Å². The highest BCUT2D eigenvalue weighted by molar-refractivity contribution is 5.86. The number of rotatable bonds is 3. The Kier molecular flexibility index (Phi) is 2.64. The minimum absolute atomic E-state index is 0.246. The fraction of sp³-hybridized carbons (Fsp3) is 0.500. The molecule has 0 saturated heterocycles. The highest BCUT2D eigenvalue weighted by Crippen LogP contribution is 2.20. The molecule has 0 spiro atoms. The third kappa shape index (κ3) is 1.91. The van der Waals surface area contributed by atoms with Gasteiger partial charge in [-0.15, -0.1) is 0 Å². The van der Waals surface area contributed by atoms with E-state index in [1.165, 1.54) is 0 Å². The largest absolute Gasteiger partial charge is 0.368 e. The van der Waals surface area contributed by atoms with E-state index in [0.717, 1.165) is 11.2 Å². The molecule has 1 unspecified atom stereocenters. The van der Waals surface area contributed by atoms with Crippen molar-refractivity contribution in [1.29, 1.82) is 0 Å². The van der Waals surface area contributed by atoms with Crippen molar-refractivity contribution in [3.8, 4) is 0 Å². The molecule has 16 heavy (non-hydrogen) atoms. The van der Waals surface area contributed by atoms with Crippen molar-refractivity contribution in [2.75, 3.05) is 11.1 Å². The van der Waals surface area contributed by atoms with Gasteiger partial charge in [-0.05, 0) is 12.8 Å². The van der Waals surface area contributed by atoms with E-state index in [1.807, 2.05) is 0 Å². The van der Waals surface area contributed by atoms with Gasteiger partial charge in [0, 0.05) is 6.04 Å². The lowest BCUT2D eigenvalue weighted by molar-refractivity contribution is 0.559. The molecule has 2 rings (SSSR count). The molecule has 0 amide bonds. The van der Waals surface area contributed by atoms with Gasteiger partial charge in [0.15, 0.2) is 5.65 Å². The second-order valence-corrected chi connectivity index (χ2v) is 4.24. The summed E-state index contributed by atoms with van der Waals surface area (Å²) in [7, 11) is 0. The molecule has 0 fully saturated rings. The molecule has 0 radical (unpaired) electrons. The summed E-state index contributed by atoms with van der Waals surface area (Å²) in [5.41, 5.74) is 6.28. The van der Waals surface area contributed by atoms with Crippen LogP contribution in [0.1, 0.15) is 20.8 Å². The highest BCUT2D eigenvalue weighted by atomic mass is 15.2. The molecular weight excluding hydrogens is 204 g/mol. The van der Waals surface area contributed by atoms with Crippen LogP contribution >= 0.6 is 0 Å². The van der Waals surface area contributed by atoms with Crippen LogP contribution in [0.15, 0.2) is 6.20 Å². The standard InChI is InChI=1S/C10H16N6/c1-5(2)6(3)13-8-7-4-12-16-9(7)15-10(11)14-8/h4-6H,1-3H3,(H4,11,12,13,14,15,16). The van der Waals surface area contributed by atoms with Gasteiger partial charge >= 0.3 is 0 Å². The zero-order valence-electron chi connectivity index (χ0n) is 9.65. The van der Waals surface area contributed by atoms with E-state index in [4.69, 9.17) is 5.73 Å². The van der Waals surface area contributed by atoms with Crippen molar-refractivity contribution in [2.24, 2.45) is 5.92 Å². The Morgan fingerprint density at radius 2 is 2.06 bits per heavy atom. The van der Waals surface area contributed by atoms with Gasteiger partial charge in [-0.2, -0.15) is 15.1 Å². The molecule has 0 aliphatic carbocycles. The smallest absolute Gasteiger partial charge is 0.224 e. The Hall–Kier alpha value is -1.85. The first-order valence-corrected chi connectivity index (χ1v) is 5.31. The third-order valence-electron chi connectivity index (χ3n) is 2.69. The van der Waals surface area contributed by atoms with Crippen molar-refractivity contribution >= 4 is 22.8 Å². The number of nitrogens with one attached hydrogen (secondary N) is 2. The number of nitrogens with zero attached hydrogens (tertiary/aromatic N) is 3. The normalized spacial score (nSPS) is 13.2. The first kappa shape index (κ1) is 10.7. The van der Waals surface area contributed by atoms with Crippen LogP contribution in [0, 0.1) is 5.92 Å². The second kappa shape index (κ2) is 3.96. The van der Waals surface area contributed by atoms with Crippen molar-refractivity contribution in [3.05, 3.63) is 6.20 Å². The summed E-state index contributed by atoms with van der Waals surface area (Å²) in [5, 5.41) is 10.9. The zero-order chi connectivity index (χ0) is 11.7. The SMILES string of the molecule is CC(C)C(C)Nc1nc(N)nc2[nH]ncc12. The molecule has 86 valence electrons. The minimum atomic E-state index is 0.246. The molecule has 2 aromatic rings. The molecule has 6 nitrogen and oxygen atoms in total. The predicted molar refractivity (Wildman–Crippen MR) is 64.0 cm³/mol. The Bertz CT molecular complexity index is 489. The summed E-state index contributed by atoms with van der Waals surface area (Å²) in [6.07, 6.45) is 1.70. The molecule has 0 aliphatic rings. The van der Waals surface area contributed by atoms with Gasteiger partial charge < -0.3 is 11.1 Å². The quantitative estimate of drug-likeness (QED) is 0.727. The average molecular weight is 220 g/mol. The number of hydrogen-bond acceptors (Lipinski definition) is 5. The topological polar surface area (TPSA) is 92.5 Å². The Labute approximate surface area is 93.7 Å². The van der Waals surface area contributed by atoms with Crippen LogP contribution in [-0.2, 0) is 0 Å². The summed E-state index contributed by atoms with van der Waals surface area (Å²) in [5.74, 6) is 1.49. The Morgan fingerprint density at radius 3 is 2.75 bits per heavy atom. The zero-order valence-corrected chi connectivity index (χ0v) is 9.65. The molecule has 0 saturated carbocycles. The summed E-state index contributed by atoms with van der Waals surface area (Å²) >= 11 is 0. The fourth-order valence-electron chi connectivity index (χ4n) is 1.34. The number of nitrogen functional groups attached to an aromatic ring is 1. The Balaban J connectivity index is 2.39. The molecular formula is C10H16N6.